The maximum atomic E-state index is 11.0. The molecule has 3 aromatic rings. The summed E-state index contributed by atoms with van der Waals surface area (Å²) in [5.74, 6) is -1.01. The van der Waals surface area contributed by atoms with E-state index < -0.39 is 12.0 Å². The topological polar surface area (TPSA) is 93.5 Å². The van der Waals surface area contributed by atoms with E-state index in [-0.39, 0.29) is 6.42 Å². The van der Waals surface area contributed by atoms with Gasteiger partial charge in [-0.2, -0.15) is 0 Å². The Labute approximate surface area is 140 Å². The Hall–Kier alpha value is -2.73. The molecule has 0 spiro atoms. The van der Waals surface area contributed by atoms with Crippen molar-refractivity contribution in [3.8, 4) is 11.3 Å². The molecule has 6 nitrogen and oxygen atoms in total. The number of pyridine rings is 2. The van der Waals surface area contributed by atoms with Crippen LogP contribution in [0.15, 0.2) is 30.6 Å². The van der Waals surface area contributed by atoms with E-state index in [0.717, 1.165) is 39.4 Å². The first-order valence-electron chi connectivity index (χ1n) is 7.77. The number of fused-ring (bicyclic) bond motifs is 1. The molecule has 0 aliphatic rings. The monoisotopic (exact) mass is 324 g/mol. The quantitative estimate of drug-likeness (QED) is 0.768. The summed E-state index contributed by atoms with van der Waals surface area (Å²) in [7, 11) is 0. The molecule has 6 heteroatoms. The van der Waals surface area contributed by atoms with Crippen molar-refractivity contribution >= 4 is 11.6 Å². The average Bonchev–Trinajstić information content (AvgIpc) is 3.01. The lowest BCUT2D eigenvalue weighted by Crippen LogP contribution is -2.32. The zero-order valence-corrected chi connectivity index (χ0v) is 13.9. The van der Waals surface area contributed by atoms with Crippen molar-refractivity contribution in [1.29, 1.82) is 0 Å². The van der Waals surface area contributed by atoms with Crippen molar-refractivity contribution in [1.82, 2.24) is 14.4 Å². The van der Waals surface area contributed by atoms with Crippen LogP contribution in [0.4, 0.5) is 0 Å². The van der Waals surface area contributed by atoms with Gasteiger partial charge in [-0.05, 0) is 44.0 Å². The zero-order chi connectivity index (χ0) is 17.4. The second kappa shape index (κ2) is 6.05. The van der Waals surface area contributed by atoms with Gasteiger partial charge in [-0.3, -0.25) is 9.78 Å². The summed E-state index contributed by atoms with van der Waals surface area (Å²) in [5, 5.41) is 9.03. The van der Waals surface area contributed by atoms with Gasteiger partial charge in [0.25, 0.3) is 0 Å². The molecule has 0 aromatic carbocycles. The van der Waals surface area contributed by atoms with Gasteiger partial charge in [0.1, 0.15) is 11.7 Å². The van der Waals surface area contributed by atoms with Crippen LogP contribution >= 0.6 is 0 Å². The molecule has 124 valence electrons. The number of aromatic nitrogens is 3. The van der Waals surface area contributed by atoms with E-state index in [4.69, 9.17) is 15.8 Å². The number of aliphatic carboxylic acids is 1. The van der Waals surface area contributed by atoms with Gasteiger partial charge in [-0.1, -0.05) is 6.07 Å². The lowest BCUT2D eigenvalue weighted by atomic mass is 10.0. The Kier molecular flexibility index (Phi) is 4.07. The van der Waals surface area contributed by atoms with Gasteiger partial charge in [-0.25, -0.2) is 4.98 Å². The number of carboxylic acid groups (broad SMARTS) is 1. The van der Waals surface area contributed by atoms with E-state index >= 15 is 0 Å². The van der Waals surface area contributed by atoms with Crippen LogP contribution in [0, 0.1) is 20.8 Å². The fraction of sp³-hybridized carbons (Fsp3) is 0.278. The minimum atomic E-state index is -1.01. The maximum Gasteiger partial charge on any atom is 0.320 e. The SMILES string of the molecule is Cc1cc(C)c(-c2ccc(CC(N)C(=O)O)n3ccnc23)nc1C. The molecular formula is C18H20N4O2. The van der Waals surface area contributed by atoms with E-state index in [1.165, 1.54) is 0 Å². The molecular weight excluding hydrogens is 304 g/mol. The number of rotatable bonds is 4. The zero-order valence-electron chi connectivity index (χ0n) is 13.9. The average molecular weight is 324 g/mol. The molecule has 0 aliphatic carbocycles. The van der Waals surface area contributed by atoms with Crippen molar-refractivity contribution < 1.29 is 9.90 Å². The van der Waals surface area contributed by atoms with Crippen LogP contribution in [0.3, 0.4) is 0 Å². The Morgan fingerprint density at radius 1 is 1.29 bits per heavy atom. The van der Waals surface area contributed by atoms with Crippen molar-refractivity contribution in [3.63, 3.8) is 0 Å². The molecule has 0 aliphatic heterocycles. The molecule has 3 heterocycles. The maximum absolute atomic E-state index is 11.0. The summed E-state index contributed by atoms with van der Waals surface area (Å²) in [5.41, 5.74) is 12.3. The fourth-order valence-corrected chi connectivity index (χ4v) is 2.85. The third-order valence-electron chi connectivity index (χ3n) is 4.29. The molecule has 1 atom stereocenters. The highest BCUT2D eigenvalue weighted by Gasteiger charge is 2.17. The number of nitrogens with two attached hydrogens (primary N) is 1. The second-order valence-electron chi connectivity index (χ2n) is 6.06. The number of hydrogen-bond acceptors (Lipinski definition) is 4. The van der Waals surface area contributed by atoms with Crippen LogP contribution in [-0.4, -0.2) is 31.5 Å². The second-order valence-corrected chi connectivity index (χ2v) is 6.06. The Bertz CT molecular complexity index is 930. The number of nitrogens with zero attached hydrogens (tertiary/aromatic N) is 3. The highest BCUT2D eigenvalue weighted by molar-refractivity contribution is 5.78. The van der Waals surface area contributed by atoms with Crippen LogP contribution in [-0.2, 0) is 11.2 Å². The highest BCUT2D eigenvalue weighted by Crippen LogP contribution is 2.27. The Balaban J connectivity index is 2.14. The van der Waals surface area contributed by atoms with Gasteiger partial charge in [0.15, 0.2) is 0 Å². The van der Waals surface area contributed by atoms with Crippen LogP contribution in [0.5, 0.6) is 0 Å². The van der Waals surface area contributed by atoms with Gasteiger partial charge in [0.2, 0.25) is 0 Å². The summed E-state index contributed by atoms with van der Waals surface area (Å²) in [6.45, 7) is 6.06. The van der Waals surface area contributed by atoms with Gasteiger partial charge in [0, 0.05) is 35.8 Å². The minimum absolute atomic E-state index is 0.238. The minimum Gasteiger partial charge on any atom is -0.480 e. The van der Waals surface area contributed by atoms with E-state index in [1.807, 2.05) is 43.5 Å². The lowest BCUT2D eigenvalue weighted by molar-refractivity contribution is -0.138. The third kappa shape index (κ3) is 2.76. The largest absolute Gasteiger partial charge is 0.480 e. The fourth-order valence-electron chi connectivity index (χ4n) is 2.85. The van der Waals surface area contributed by atoms with Crippen LogP contribution in [0.1, 0.15) is 22.5 Å². The normalized spacial score (nSPS) is 12.5. The molecule has 3 rings (SSSR count). The van der Waals surface area contributed by atoms with E-state index in [2.05, 4.69) is 11.1 Å². The molecule has 0 saturated carbocycles. The summed E-state index contributed by atoms with van der Waals surface area (Å²) >= 11 is 0. The van der Waals surface area contributed by atoms with Crippen LogP contribution in [0.2, 0.25) is 0 Å². The van der Waals surface area contributed by atoms with Crippen molar-refractivity contribution in [2.75, 3.05) is 0 Å². The van der Waals surface area contributed by atoms with Gasteiger partial charge >= 0.3 is 5.97 Å². The molecule has 0 bridgehead atoms. The van der Waals surface area contributed by atoms with Gasteiger partial charge < -0.3 is 15.2 Å². The van der Waals surface area contributed by atoms with E-state index in [9.17, 15) is 4.79 Å². The highest BCUT2D eigenvalue weighted by atomic mass is 16.4. The Morgan fingerprint density at radius 2 is 2.04 bits per heavy atom. The first kappa shape index (κ1) is 16.1. The molecule has 3 N–H and O–H groups in total. The van der Waals surface area contributed by atoms with Gasteiger partial charge in [-0.15, -0.1) is 0 Å². The smallest absolute Gasteiger partial charge is 0.320 e. The van der Waals surface area contributed by atoms with Crippen molar-refractivity contribution in [2.45, 2.75) is 33.2 Å². The van der Waals surface area contributed by atoms with Crippen LogP contribution < -0.4 is 5.73 Å². The molecule has 24 heavy (non-hydrogen) atoms. The summed E-state index contributed by atoms with van der Waals surface area (Å²) < 4.78 is 1.88. The van der Waals surface area contributed by atoms with Crippen molar-refractivity contribution in [2.24, 2.45) is 5.73 Å². The number of carboxylic acids is 1. The lowest BCUT2D eigenvalue weighted by Gasteiger charge is -2.13. The first-order chi connectivity index (χ1) is 11.4. The molecule has 0 amide bonds. The number of hydrogen-bond donors (Lipinski definition) is 2. The number of carbonyl (C=O) groups is 1. The summed E-state index contributed by atoms with van der Waals surface area (Å²) in [6, 6.07) is 5.01. The van der Waals surface area contributed by atoms with Gasteiger partial charge in [0.05, 0.1) is 5.69 Å². The molecule has 1 unspecified atom stereocenters. The standard InChI is InChI=1S/C18H20N4O2/c1-10-8-11(2)16(21-12(10)3)14-5-4-13(9-15(19)18(23)24)22-7-6-20-17(14)22/h4-8,15H,9,19H2,1-3H3,(H,23,24). The van der Waals surface area contributed by atoms with Crippen LogP contribution in [0.25, 0.3) is 16.9 Å². The summed E-state index contributed by atoms with van der Waals surface area (Å²) in [4.78, 5) is 20.2. The Morgan fingerprint density at radius 3 is 2.75 bits per heavy atom. The molecule has 0 radical (unpaired) electrons. The summed E-state index contributed by atoms with van der Waals surface area (Å²) in [6.07, 6.45) is 3.76. The molecule has 0 saturated heterocycles. The number of aryl methyl sites for hydroxylation is 3. The van der Waals surface area contributed by atoms with E-state index in [1.54, 1.807) is 6.20 Å². The third-order valence-corrected chi connectivity index (χ3v) is 4.29. The predicted molar refractivity (Wildman–Crippen MR) is 91.9 cm³/mol. The van der Waals surface area contributed by atoms with E-state index in [0.29, 0.717) is 0 Å². The first-order valence-corrected chi connectivity index (χ1v) is 7.77. The molecule has 3 aromatic heterocycles. The molecule has 0 fully saturated rings. The van der Waals surface area contributed by atoms with Crippen molar-refractivity contribution in [3.05, 3.63) is 53.1 Å². The predicted octanol–water partition coefficient (Wildman–Crippen LogP) is 2.28. The number of imidazole rings is 1.